The summed E-state index contributed by atoms with van der Waals surface area (Å²) in [5, 5.41) is 11.6. The van der Waals surface area contributed by atoms with Crippen molar-refractivity contribution in [2.24, 2.45) is 5.10 Å². The van der Waals surface area contributed by atoms with E-state index in [-0.39, 0.29) is 5.54 Å². The minimum absolute atomic E-state index is 0.0483. The molecule has 0 heterocycles. The second-order valence-corrected chi connectivity index (χ2v) is 2.75. The van der Waals surface area contributed by atoms with Gasteiger partial charge in [0.25, 0.3) is 0 Å². The topological polar surface area (TPSA) is 48.2 Å². The Morgan fingerprint density at radius 3 is 2.44 bits per heavy atom. The van der Waals surface area contributed by atoms with Crippen LogP contribution < -0.4 is 5.43 Å². The van der Waals surface area contributed by atoms with Crippen LogP contribution in [-0.4, -0.2) is 11.8 Å². The van der Waals surface area contributed by atoms with Gasteiger partial charge in [-0.25, -0.2) is 0 Å². The van der Waals surface area contributed by atoms with E-state index >= 15 is 0 Å². The number of nitrogens with one attached hydrogen (secondary N) is 1. The number of nitriles is 1. The standard InChI is InChI=1S/C6H11N3/c1-6(2,3)9-8-5-4-7/h5,9H,1-3H3/b8-5+. The van der Waals surface area contributed by atoms with E-state index in [1.54, 1.807) is 6.07 Å². The Labute approximate surface area is 55.4 Å². The number of hydrazone groups is 1. The third kappa shape index (κ3) is 6.96. The lowest BCUT2D eigenvalue weighted by Gasteiger charge is -2.16. The molecule has 0 aliphatic rings. The molecule has 0 radical (unpaired) electrons. The van der Waals surface area contributed by atoms with Gasteiger partial charge < -0.3 is 5.43 Å². The molecule has 0 amide bonds. The second kappa shape index (κ2) is 3.08. The molecule has 0 saturated carbocycles. The molecule has 3 nitrogen and oxygen atoms in total. The Balaban J connectivity index is 3.54. The summed E-state index contributed by atoms with van der Waals surface area (Å²) in [5.41, 5.74) is 2.72. The highest BCUT2D eigenvalue weighted by Gasteiger charge is 2.04. The zero-order valence-electron chi connectivity index (χ0n) is 5.97. The maximum atomic E-state index is 8.02. The second-order valence-electron chi connectivity index (χ2n) is 2.75. The fourth-order valence-electron chi connectivity index (χ4n) is 0.255. The molecule has 0 aromatic rings. The molecular weight excluding hydrogens is 114 g/mol. The fraction of sp³-hybridized carbons (Fsp3) is 0.667. The average molecular weight is 125 g/mol. The SMILES string of the molecule is CC(C)(C)N/N=C/C#N. The lowest BCUT2D eigenvalue weighted by atomic mass is 10.1. The molecule has 0 rings (SSSR count). The summed E-state index contributed by atoms with van der Waals surface area (Å²) in [5.74, 6) is 0. The number of rotatable bonds is 1. The van der Waals surface area contributed by atoms with Gasteiger partial charge in [0, 0.05) is 5.54 Å². The molecule has 0 saturated heterocycles. The van der Waals surface area contributed by atoms with Crippen LogP contribution in [0.5, 0.6) is 0 Å². The largest absolute Gasteiger partial charge is 0.304 e. The van der Waals surface area contributed by atoms with Crippen LogP contribution in [0.15, 0.2) is 5.10 Å². The molecule has 0 atom stereocenters. The lowest BCUT2D eigenvalue weighted by molar-refractivity contribution is 0.442. The first-order valence-corrected chi connectivity index (χ1v) is 2.74. The molecule has 0 aromatic heterocycles. The summed E-state index contributed by atoms with van der Waals surface area (Å²) in [6.07, 6.45) is 1.17. The van der Waals surface area contributed by atoms with E-state index in [0.29, 0.717) is 0 Å². The van der Waals surface area contributed by atoms with Crippen molar-refractivity contribution in [2.75, 3.05) is 0 Å². The molecule has 9 heavy (non-hydrogen) atoms. The van der Waals surface area contributed by atoms with Crippen molar-refractivity contribution in [3.05, 3.63) is 0 Å². The van der Waals surface area contributed by atoms with Gasteiger partial charge in [-0.2, -0.15) is 10.4 Å². The summed E-state index contributed by atoms with van der Waals surface area (Å²) < 4.78 is 0. The van der Waals surface area contributed by atoms with Crippen molar-refractivity contribution in [3.63, 3.8) is 0 Å². The fourth-order valence-corrected chi connectivity index (χ4v) is 0.255. The van der Waals surface area contributed by atoms with Gasteiger partial charge in [-0.3, -0.25) is 0 Å². The summed E-state index contributed by atoms with van der Waals surface area (Å²) in [7, 11) is 0. The van der Waals surface area contributed by atoms with Crippen LogP contribution >= 0.6 is 0 Å². The van der Waals surface area contributed by atoms with Gasteiger partial charge in [-0.1, -0.05) is 0 Å². The average Bonchev–Trinajstić information content (AvgIpc) is 1.63. The molecule has 0 aliphatic heterocycles. The third-order valence-electron chi connectivity index (χ3n) is 0.522. The van der Waals surface area contributed by atoms with Crippen LogP contribution in [-0.2, 0) is 0 Å². The van der Waals surface area contributed by atoms with Crippen LogP contribution in [0.25, 0.3) is 0 Å². The minimum Gasteiger partial charge on any atom is -0.304 e. The van der Waals surface area contributed by atoms with Crippen LogP contribution in [0, 0.1) is 11.3 Å². The Morgan fingerprint density at radius 1 is 1.56 bits per heavy atom. The highest BCUT2D eigenvalue weighted by atomic mass is 15.3. The molecule has 1 N–H and O–H groups in total. The van der Waals surface area contributed by atoms with Crippen LogP contribution in [0.1, 0.15) is 20.8 Å². The highest BCUT2D eigenvalue weighted by molar-refractivity contribution is 5.74. The molecule has 3 heteroatoms. The minimum atomic E-state index is -0.0483. The van der Waals surface area contributed by atoms with E-state index < -0.39 is 0 Å². The molecule has 0 bridgehead atoms. The van der Waals surface area contributed by atoms with E-state index in [1.165, 1.54) is 6.21 Å². The first kappa shape index (κ1) is 7.96. The maximum absolute atomic E-state index is 8.02. The van der Waals surface area contributed by atoms with Crippen molar-refractivity contribution in [1.29, 1.82) is 5.26 Å². The quantitative estimate of drug-likeness (QED) is 0.418. The Kier molecular flexibility index (Phi) is 2.72. The molecule has 0 unspecified atom stereocenters. The highest BCUT2D eigenvalue weighted by Crippen LogP contribution is 1.96. The van der Waals surface area contributed by atoms with E-state index in [1.807, 2.05) is 20.8 Å². The van der Waals surface area contributed by atoms with E-state index in [0.717, 1.165) is 0 Å². The van der Waals surface area contributed by atoms with Gasteiger partial charge in [0.05, 0.1) is 0 Å². The first-order chi connectivity index (χ1) is 4.06. The van der Waals surface area contributed by atoms with E-state index in [2.05, 4.69) is 10.5 Å². The maximum Gasteiger partial charge on any atom is 0.124 e. The molecule has 0 spiro atoms. The number of hydrogen-bond donors (Lipinski definition) is 1. The van der Waals surface area contributed by atoms with E-state index in [9.17, 15) is 0 Å². The van der Waals surface area contributed by atoms with Gasteiger partial charge in [-0.15, -0.1) is 0 Å². The smallest absolute Gasteiger partial charge is 0.124 e. The summed E-state index contributed by atoms with van der Waals surface area (Å²) in [6.45, 7) is 5.92. The van der Waals surface area contributed by atoms with Crippen molar-refractivity contribution in [2.45, 2.75) is 26.3 Å². The van der Waals surface area contributed by atoms with Gasteiger partial charge in [0.1, 0.15) is 12.3 Å². The number of hydrogen-bond acceptors (Lipinski definition) is 3. The summed E-state index contributed by atoms with van der Waals surface area (Å²) >= 11 is 0. The van der Waals surface area contributed by atoms with Crippen molar-refractivity contribution >= 4 is 6.21 Å². The van der Waals surface area contributed by atoms with E-state index in [4.69, 9.17) is 5.26 Å². The number of nitrogens with zero attached hydrogens (tertiary/aromatic N) is 2. The normalized spacial score (nSPS) is 11.3. The predicted molar refractivity (Wildman–Crippen MR) is 37.0 cm³/mol. The lowest BCUT2D eigenvalue weighted by Crippen LogP contribution is -2.31. The first-order valence-electron chi connectivity index (χ1n) is 2.74. The zero-order chi connectivity index (χ0) is 7.33. The van der Waals surface area contributed by atoms with Crippen molar-refractivity contribution < 1.29 is 0 Å². The molecule has 0 fully saturated rings. The summed E-state index contributed by atoms with van der Waals surface area (Å²) in [4.78, 5) is 0. The van der Waals surface area contributed by atoms with Crippen molar-refractivity contribution in [1.82, 2.24) is 5.43 Å². The van der Waals surface area contributed by atoms with Crippen LogP contribution in [0.3, 0.4) is 0 Å². The summed E-state index contributed by atoms with van der Waals surface area (Å²) in [6, 6.07) is 1.79. The van der Waals surface area contributed by atoms with Gasteiger partial charge in [-0.05, 0) is 20.8 Å². The van der Waals surface area contributed by atoms with Gasteiger partial charge >= 0.3 is 0 Å². The Bertz CT molecular complexity index is 135. The predicted octanol–water partition coefficient (Wildman–Crippen LogP) is 0.884. The molecular formula is C6H11N3. The monoisotopic (exact) mass is 125 g/mol. The van der Waals surface area contributed by atoms with Crippen molar-refractivity contribution in [3.8, 4) is 6.07 Å². The van der Waals surface area contributed by atoms with Crippen LogP contribution in [0.4, 0.5) is 0 Å². The Hall–Kier alpha value is -1.04. The molecule has 50 valence electrons. The van der Waals surface area contributed by atoms with Gasteiger partial charge in [0.2, 0.25) is 0 Å². The van der Waals surface area contributed by atoms with Crippen LogP contribution in [0.2, 0.25) is 0 Å². The third-order valence-corrected chi connectivity index (χ3v) is 0.522. The Morgan fingerprint density at radius 2 is 2.11 bits per heavy atom. The molecule has 0 aliphatic carbocycles. The zero-order valence-corrected chi connectivity index (χ0v) is 5.97. The molecule has 0 aromatic carbocycles. The van der Waals surface area contributed by atoms with Gasteiger partial charge in [0.15, 0.2) is 0 Å².